The molecule has 29 heavy (non-hydrogen) atoms. The molecule has 0 spiro atoms. The molecule has 2 aromatic heterocycles. The fourth-order valence-corrected chi connectivity index (χ4v) is 3.95. The average Bonchev–Trinajstić information content (AvgIpc) is 3.17. The van der Waals surface area contributed by atoms with E-state index in [0.29, 0.717) is 5.56 Å². The Morgan fingerprint density at radius 3 is 2.62 bits per heavy atom. The van der Waals surface area contributed by atoms with Gasteiger partial charge in [0, 0.05) is 0 Å². The van der Waals surface area contributed by atoms with Crippen molar-refractivity contribution < 1.29 is 29.2 Å². The number of hydrogen-bond donors (Lipinski definition) is 4. The SMILES string of the molecule is Nc1nc(OCc2ccc(F)cc2)c2sc(=O)n([C@@H]3O[C@H](CO)[C@@H](O)[C@H]3O)c2n1. The number of thiazole rings is 1. The number of rotatable bonds is 5. The van der Waals surface area contributed by atoms with Gasteiger partial charge in [-0.05, 0) is 17.7 Å². The highest BCUT2D eigenvalue weighted by Crippen LogP contribution is 2.34. The van der Waals surface area contributed by atoms with Crippen molar-refractivity contribution >= 4 is 27.6 Å². The van der Waals surface area contributed by atoms with Gasteiger partial charge in [0.05, 0.1) is 6.61 Å². The van der Waals surface area contributed by atoms with E-state index in [9.17, 15) is 24.5 Å². The summed E-state index contributed by atoms with van der Waals surface area (Å²) in [5, 5.41) is 29.5. The second-order valence-electron chi connectivity index (χ2n) is 6.42. The van der Waals surface area contributed by atoms with E-state index in [2.05, 4.69) is 9.97 Å². The average molecular weight is 424 g/mol. The van der Waals surface area contributed by atoms with Gasteiger partial charge in [-0.25, -0.2) is 4.39 Å². The van der Waals surface area contributed by atoms with E-state index < -0.39 is 36.0 Å². The zero-order chi connectivity index (χ0) is 20.7. The molecule has 1 saturated heterocycles. The van der Waals surface area contributed by atoms with Gasteiger partial charge in [0.2, 0.25) is 11.8 Å². The van der Waals surface area contributed by atoms with Crippen LogP contribution in [0.25, 0.3) is 10.3 Å². The first-order chi connectivity index (χ1) is 13.9. The molecule has 10 nitrogen and oxygen atoms in total. The van der Waals surface area contributed by atoms with Crippen LogP contribution in [0, 0.1) is 5.82 Å². The molecular formula is C17H17FN4O6S. The number of aliphatic hydroxyl groups excluding tert-OH is 3. The molecule has 0 aliphatic carbocycles. The van der Waals surface area contributed by atoms with E-state index in [4.69, 9.17) is 15.2 Å². The van der Waals surface area contributed by atoms with Gasteiger partial charge >= 0.3 is 4.87 Å². The van der Waals surface area contributed by atoms with Crippen LogP contribution in [0.5, 0.6) is 5.88 Å². The first-order valence-electron chi connectivity index (χ1n) is 8.57. The third kappa shape index (κ3) is 3.56. The smallest absolute Gasteiger partial charge is 0.311 e. The molecule has 5 N–H and O–H groups in total. The molecule has 1 fully saturated rings. The van der Waals surface area contributed by atoms with Gasteiger partial charge in [-0.3, -0.25) is 9.36 Å². The minimum absolute atomic E-state index is 0.0458. The van der Waals surface area contributed by atoms with Gasteiger partial charge in [-0.2, -0.15) is 9.97 Å². The van der Waals surface area contributed by atoms with Crippen molar-refractivity contribution in [1.29, 1.82) is 0 Å². The Balaban J connectivity index is 1.71. The van der Waals surface area contributed by atoms with Crippen molar-refractivity contribution in [3.05, 3.63) is 45.3 Å². The number of benzene rings is 1. The maximum Gasteiger partial charge on any atom is 0.311 e. The third-order valence-electron chi connectivity index (χ3n) is 4.51. The summed E-state index contributed by atoms with van der Waals surface area (Å²) >= 11 is 0.757. The Bertz CT molecular complexity index is 1090. The molecule has 12 heteroatoms. The maximum atomic E-state index is 13.0. The summed E-state index contributed by atoms with van der Waals surface area (Å²) in [5.41, 5.74) is 6.49. The summed E-state index contributed by atoms with van der Waals surface area (Å²) in [4.78, 5) is 20.1. The molecule has 1 aliphatic rings. The zero-order valence-corrected chi connectivity index (χ0v) is 15.6. The van der Waals surface area contributed by atoms with Crippen LogP contribution in [0.15, 0.2) is 29.1 Å². The Hall–Kier alpha value is -2.64. The monoisotopic (exact) mass is 424 g/mol. The Morgan fingerprint density at radius 1 is 1.24 bits per heavy atom. The fraction of sp³-hybridized carbons (Fsp3) is 0.353. The topological polar surface area (TPSA) is 153 Å². The van der Waals surface area contributed by atoms with E-state index in [1.807, 2.05) is 0 Å². The van der Waals surface area contributed by atoms with Crippen molar-refractivity contribution in [3.63, 3.8) is 0 Å². The van der Waals surface area contributed by atoms with Crippen LogP contribution < -0.4 is 15.3 Å². The molecule has 0 amide bonds. The van der Waals surface area contributed by atoms with Crippen molar-refractivity contribution in [2.45, 2.75) is 31.1 Å². The minimum Gasteiger partial charge on any atom is -0.472 e. The number of anilines is 1. The third-order valence-corrected chi connectivity index (χ3v) is 5.44. The molecule has 3 aromatic rings. The fourth-order valence-electron chi connectivity index (χ4n) is 3.06. The number of ether oxygens (including phenoxy) is 2. The minimum atomic E-state index is -1.46. The summed E-state index contributed by atoms with van der Waals surface area (Å²) in [5.74, 6) is -0.509. The molecule has 154 valence electrons. The molecule has 1 aromatic carbocycles. The van der Waals surface area contributed by atoms with Crippen molar-refractivity contribution in [2.24, 2.45) is 0 Å². The highest BCUT2D eigenvalue weighted by molar-refractivity contribution is 7.16. The van der Waals surface area contributed by atoms with Gasteiger partial charge in [0.25, 0.3) is 0 Å². The van der Waals surface area contributed by atoms with Crippen LogP contribution in [-0.4, -0.2) is 54.8 Å². The van der Waals surface area contributed by atoms with Gasteiger partial charge < -0.3 is 30.5 Å². The number of nitrogens with zero attached hydrogens (tertiary/aromatic N) is 3. The van der Waals surface area contributed by atoms with E-state index in [1.165, 1.54) is 12.1 Å². The number of nitrogen functional groups attached to an aromatic ring is 1. The van der Waals surface area contributed by atoms with E-state index in [-0.39, 0.29) is 34.6 Å². The lowest BCUT2D eigenvalue weighted by molar-refractivity contribution is -0.0518. The lowest BCUT2D eigenvalue weighted by Gasteiger charge is -2.16. The highest BCUT2D eigenvalue weighted by Gasteiger charge is 2.45. The first-order valence-corrected chi connectivity index (χ1v) is 9.39. The van der Waals surface area contributed by atoms with Gasteiger partial charge in [-0.15, -0.1) is 0 Å². The van der Waals surface area contributed by atoms with Crippen LogP contribution in [-0.2, 0) is 11.3 Å². The normalized spacial score (nSPS) is 24.3. The number of halogens is 1. The quantitative estimate of drug-likeness (QED) is 0.435. The summed E-state index contributed by atoms with van der Waals surface area (Å²) < 4.78 is 25.4. The lowest BCUT2D eigenvalue weighted by Crippen LogP contribution is -2.34. The molecule has 4 atom stereocenters. The molecule has 0 radical (unpaired) electrons. The van der Waals surface area contributed by atoms with Gasteiger partial charge in [0.1, 0.15) is 35.4 Å². The van der Waals surface area contributed by atoms with Crippen LogP contribution in [0.3, 0.4) is 0 Å². The van der Waals surface area contributed by atoms with Crippen molar-refractivity contribution in [1.82, 2.24) is 14.5 Å². The second-order valence-corrected chi connectivity index (χ2v) is 7.38. The van der Waals surface area contributed by atoms with Gasteiger partial charge in [0.15, 0.2) is 11.9 Å². The van der Waals surface area contributed by atoms with Crippen LogP contribution >= 0.6 is 11.3 Å². The van der Waals surface area contributed by atoms with E-state index >= 15 is 0 Å². The molecule has 3 heterocycles. The van der Waals surface area contributed by atoms with Crippen molar-refractivity contribution in [2.75, 3.05) is 12.3 Å². The zero-order valence-electron chi connectivity index (χ0n) is 14.8. The number of fused-ring (bicyclic) bond motifs is 1. The Morgan fingerprint density at radius 2 is 1.97 bits per heavy atom. The highest BCUT2D eigenvalue weighted by atomic mass is 32.1. The molecule has 0 saturated carbocycles. The van der Waals surface area contributed by atoms with Gasteiger partial charge in [-0.1, -0.05) is 23.5 Å². The molecule has 0 unspecified atom stereocenters. The predicted octanol–water partition coefficient (Wildman–Crippen LogP) is -0.235. The van der Waals surface area contributed by atoms with E-state index in [0.717, 1.165) is 15.9 Å². The standard InChI is InChI=1S/C17H17FN4O6S/c18-8-3-1-7(2-4-8)6-27-14-12-13(20-16(19)21-14)22(17(26)29-12)15-11(25)10(24)9(5-23)28-15/h1-4,9-11,15,23-25H,5-6H2,(H2,19,20,21)/t9-,10-,11-,15-/m1/s1. The van der Waals surface area contributed by atoms with Crippen LogP contribution in [0.2, 0.25) is 0 Å². The molecular weight excluding hydrogens is 407 g/mol. The first kappa shape index (κ1) is 19.7. The number of aromatic nitrogens is 3. The Labute approximate surface area is 166 Å². The van der Waals surface area contributed by atoms with Crippen LogP contribution in [0.4, 0.5) is 10.3 Å². The molecule has 0 bridgehead atoms. The maximum absolute atomic E-state index is 13.0. The molecule has 1 aliphatic heterocycles. The summed E-state index contributed by atoms with van der Waals surface area (Å²) in [7, 11) is 0. The number of aliphatic hydroxyl groups is 3. The second kappa shape index (κ2) is 7.65. The summed E-state index contributed by atoms with van der Waals surface area (Å²) in [6, 6.07) is 5.67. The Kier molecular flexibility index (Phi) is 5.19. The lowest BCUT2D eigenvalue weighted by atomic mass is 10.1. The largest absolute Gasteiger partial charge is 0.472 e. The van der Waals surface area contributed by atoms with E-state index in [1.54, 1.807) is 12.1 Å². The molecule has 4 rings (SSSR count). The predicted molar refractivity (Wildman–Crippen MR) is 99.8 cm³/mol. The van der Waals surface area contributed by atoms with Crippen LogP contribution in [0.1, 0.15) is 11.8 Å². The summed E-state index contributed by atoms with van der Waals surface area (Å²) in [6.45, 7) is -0.486. The van der Waals surface area contributed by atoms with Crippen molar-refractivity contribution in [3.8, 4) is 5.88 Å². The summed E-state index contributed by atoms with van der Waals surface area (Å²) in [6.07, 6.45) is -5.14. The number of nitrogens with two attached hydrogens (primary N) is 1. The number of hydrogen-bond acceptors (Lipinski definition) is 10.